The number of nitrogens with zero attached hydrogens (tertiary/aromatic N) is 3. The van der Waals surface area contributed by atoms with Gasteiger partial charge in [0.2, 0.25) is 5.95 Å². The molecule has 1 saturated heterocycles. The number of hydrogen-bond donors (Lipinski definition) is 1. The van der Waals surface area contributed by atoms with E-state index in [9.17, 15) is 9.18 Å². The van der Waals surface area contributed by atoms with Crippen molar-refractivity contribution in [1.29, 1.82) is 0 Å². The first-order valence-corrected chi connectivity index (χ1v) is 9.10. The Morgan fingerprint density at radius 3 is 2.59 bits per heavy atom. The number of hydrogen-bond acceptors (Lipinski definition) is 4. The number of halogens is 1. The van der Waals surface area contributed by atoms with Gasteiger partial charge in [0, 0.05) is 25.0 Å². The number of fused-ring (bicyclic) bond motifs is 1. The number of aromatic nitrogens is 2. The second kappa shape index (κ2) is 6.78. The van der Waals surface area contributed by atoms with Crippen molar-refractivity contribution in [2.24, 2.45) is 0 Å². The first-order chi connectivity index (χ1) is 12.9. The third-order valence-electron chi connectivity index (χ3n) is 5.43. The number of benzene rings is 2. The van der Waals surface area contributed by atoms with E-state index in [1.165, 1.54) is 23.3 Å². The lowest BCUT2D eigenvalue weighted by Gasteiger charge is -2.25. The molecule has 1 aromatic heterocycles. The van der Waals surface area contributed by atoms with E-state index in [2.05, 4.69) is 60.2 Å². The average molecular weight is 366 g/mol. The van der Waals surface area contributed by atoms with Crippen LogP contribution in [-0.2, 0) is 0 Å². The van der Waals surface area contributed by atoms with E-state index in [-0.39, 0.29) is 28.4 Å². The summed E-state index contributed by atoms with van der Waals surface area (Å²) in [6.45, 7) is 3.51. The summed E-state index contributed by atoms with van der Waals surface area (Å²) in [5, 5.41) is 0.275. The van der Waals surface area contributed by atoms with Crippen LogP contribution in [0.1, 0.15) is 17.0 Å². The largest absolute Gasteiger partial charge is 0.340 e. The van der Waals surface area contributed by atoms with Crippen LogP contribution in [0.25, 0.3) is 10.9 Å². The van der Waals surface area contributed by atoms with Gasteiger partial charge in [-0.1, -0.05) is 35.9 Å². The van der Waals surface area contributed by atoms with Gasteiger partial charge in [0.25, 0.3) is 5.56 Å². The molecule has 140 valence electrons. The molecule has 1 fully saturated rings. The third kappa shape index (κ3) is 3.21. The van der Waals surface area contributed by atoms with Crippen LogP contribution >= 0.6 is 0 Å². The fourth-order valence-corrected chi connectivity index (χ4v) is 3.89. The summed E-state index contributed by atoms with van der Waals surface area (Å²) in [4.78, 5) is 23.9. The molecule has 1 aliphatic rings. The van der Waals surface area contributed by atoms with Crippen LogP contribution in [0.3, 0.4) is 0 Å². The molecule has 27 heavy (non-hydrogen) atoms. The minimum atomic E-state index is -0.474. The second-order valence-corrected chi connectivity index (χ2v) is 7.48. The van der Waals surface area contributed by atoms with Crippen molar-refractivity contribution in [3.8, 4) is 0 Å². The lowest BCUT2D eigenvalue weighted by Crippen LogP contribution is -2.35. The Morgan fingerprint density at radius 1 is 1.15 bits per heavy atom. The standard InChI is InChI=1S/C21H23FN4O/c1-13-7-9-14(10-8-13)16-11-26(12-18(16)25(2)3)21-23-19-15(20(27)24-21)5-4-6-17(19)22/h4-10,16,18H,11-12H2,1-3H3,(H,23,24,27). The summed E-state index contributed by atoms with van der Waals surface area (Å²) in [6.07, 6.45) is 0. The Labute approximate surface area is 157 Å². The van der Waals surface area contributed by atoms with Crippen LogP contribution in [-0.4, -0.2) is 48.1 Å². The van der Waals surface area contributed by atoms with Crippen molar-refractivity contribution in [1.82, 2.24) is 14.9 Å². The number of aryl methyl sites for hydroxylation is 1. The predicted molar refractivity (Wildman–Crippen MR) is 106 cm³/mol. The van der Waals surface area contributed by atoms with Crippen molar-refractivity contribution in [3.05, 3.63) is 69.8 Å². The molecule has 1 N–H and O–H groups in total. The number of likely N-dealkylation sites (N-methyl/N-ethyl adjacent to an activating group) is 1. The highest BCUT2D eigenvalue weighted by atomic mass is 19.1. The van der Waals surface area contributed by atoms with Gasteiger partial charge in [-0.25, -0.2) is 9.37 Å². The highest BCUT2D eigenvalue weighted by Crippen LogP contribution is 2.32. The molecule has 6 heteroatoms. The lowest BCUT2D eigenvalue weighted by atomic mass is 9.93. The Morgan fingerprint density at radius 2 is 1.89 bits per heavy atom. The van der Waals surface area contributed by atoms with Crippen LogP contribution in [0.2, 0.25) is 0 Å². The molecule has 3 aromatic rings. The number of anilines is 1. The van der Waals surface area contributed by atoms with Crippen molar-refractivity contribution in [3.63, 3.8) is 0 Å². The molecule has 2 unspecified atom stereocenters. The van der Waals surface area contributed by atoms with Gasteiger partial charge in [0.1, 0.15) is 11.3 Å². The van der Waals surface area contributed by atoms with E-state index in [4.69, 9.17) is 0 Å². The molecule has 2 heterocycles. The van der Waals surface area contributed by atoms with E-state index in [1.807, 2.05) is 4.90 Å². The SMILES string of the molecule is Cc1ccc(C2CN(c3nc4c(F)cccc4c(=O)[nH]3)CC2N(C)C)cc1. The van der Waals surface area contributed by atoms with Crippen LogP contribution in [0, 0.1) is 12.7 Å². The summed E-state index contributed by atoms with van der Waals surface area (Å²) >= 11 is 0. The van der Waals surface area contributed by atoms with Crippen LogP contribution in [0.5, 0.6) is 0 Å². The molecule has 0 amide bonds. The number of H-pyrrole nitrogens is 1. The van der Waals surface area contributed by atoms with E-state index in [0.29, 0.717) is 12.5 Å². The van der Waals surface area contributed by atoms with Gasteiger partial charge in [-0.2, -0.15) is 0 Å². The quantitative estimate of drug-likeness (QED) is 0.774. The van der Waals surface area contributed by atoms with Gasteiger partial charge in [-0.3, -0.25) is 9.78 Å². The normalized spacial score (nSPS) is 20.0. The van der Waals surface area contributed by atoms with Crippen molar-refractivity contribution >= 4 is 16.9 Å². The maximum absolute atomic E-state index is 14.2. The zero-order valence-electron chi connectivity index (χ0n) is 15.7. The topological polar surface area (TPSA) is 52.2 Å². The van der Waals surface area contributed by atoms with Gasteiger partial charge in [-0.15, -0.1) is 0 Å². The summed E-state index contributed by atoms with van der Waals surface area (Å²) in [5.74, 6) is 0.236. The Kier molecular flexibility index (Phi) is 4.44. The third-order valence-corrected chi connectivity index (χ3v) is 5.43. The van der Waals surface area contributed by atoms with Crippen molar-refractivity contribution < 1.29 is 4.39 Å². The molecule has 0 saturated carbocycles. The molecule has 1 aliphatic heterocycles. The number of para-hydroxylation sites is 1. The maximum Gasteiger partial charge on any atom is 0.260 e. The second-order valence-electron chi connectivity index (χ2n) is 7.48. The first kappa shape index (κ1) is 17.7. The number of rotatable bonds is 3. The summed E-state index contributed by atoms with van der Waals surface area (Å²) < 4.78 is 14.2. The van der Waals surface area contributed by atoms with E-state index >= 15 is 0 Å². The molecule has 2 aromatic carbocycles. The molecular formula is C21H23FN4O. The minimum absolute atomic E-state index is 0.122. The van der Waals surface area contributed by atoms with Crippen LogP contribution < -0.4 is 10.5 Å². The van der Waals surface area contributed by atoms with Gasteiger partial charge in [0.15, 0.2) is 0 Å². The Hall–Kier alpha value is -2.73. The smallest absolute Gasteiger partial charge is 0.260 e. The van der Waals surface area contributed by atoms with Crippen LogP contribution in [0.15, 0.2) is 47.3 Å². The molecule has 5 nitrogen and oxygen atoms in total. The summed E-state index contributed by atoms with van der Waals surface area (Å²) in [6, 6.07) is 13.3. The zero-order valence-corrected chi connectivity index (χ0v) is 15.7. The van der Waals surface area contributed by atoms with Crippen molar-refractivity contribution in [2.45, 2.75) is 18.9 Å². The van der Waals surface area contributed by atoms with E-state index in [1.54, 1.807) is 6.07 Å². The molecule has 2 atom stereocenters. The molecule has 0 bridgehead atoms. The lowest BCUT2D eigenvalue weighted by molar-refractivity contribution is 0.292. The van der Waals surface area contributed by atoms with Crippen LogP contribution in [0.4, 0.5) is 10.3 Å². The van der Waals surface area contributed by atoms with E-state index in [0.717, 1.165) is 6.54 Å². The molecule has 0 radical (unpaired) electrons. The van der Waals surface area contributed by atoms with Gasteiger partial charge < -0.3 is 9.80 Å². The molecular weight excluding hydrogens is 343 g/mol. The zero-order chi connectivity index (χ0) is 19.1. The van der Waals surface area contributed by atoms with E-state index < -0.39 is 5.82 Å². The van der Waals surface area contributed by atoms with Gasteiger partial charge in [0.05, 0.1) is 5.39 Å². The minimum Gasteiger partial charge on any atom is -0.340 e. The number of aromatic amines is 1. The first-order valence-electron chi connectivity index (χ1n) is 9.10. The number of nitrogens with one attached hydrogen (secondary N) is 1. The Bertz CT molecular complexity index is 1030. The molecule has 0 aliphatic carbocycles. The highest BCUT2D eigenvalue weighted by Gasteiger charge is 2.36. The average Bonchev–Trinajstić information content (AvgIpc) is 3.09. The Balaban J connectivity index is 1.73. The monoisotopic (exact) mass is 366 g/mol. The maximum atomic E-state index is 14.2. The highest BCUT2D eigenvalue weighted by molar-refractivity contribution is 5.79. The molecule has 0 spiro atoms. The fourth-order valence-electron chi connectivity index (χ4n) is 3.89. The predicted octanol–water partition coefficient (Wildman–Crippen LogP) is 2.90. The van der Waals surface area contributed by atoms with Gasteiger partial charge in [-0.05, 0) is 38.7 Å². The van der Waals surface area contributed by atoms with Crippen molar-refractivity contribution in [2.75, 3.05) is 32.1 Å². The molecule has 4 rings (SSSR count). The van der Waals surface area contributed by atoms with Gasteiger partial charge >= 0.3 is 0 Å². The summed E-state index contributed by atoms with van der Waals surface area (Å²) in [5.41, 5.74) is 2.30. The fraction of sp³-hybridized carbons (Fsp3) is 0.333. The summed E-state index contributed by atoms with van der Waals surface area (Å²) in [7, 11) is 4.12.